The first-order valence-electron chi connectivity index (χ1n) is 6.93. The molecule has 2 rings (SSSR count). The summed E-state index contributed by atoms with van der Waals surface area (Å²) >= 11 is 0. The van der Waals surface area contributed by atoms with E-state index in [2.05, 4.69) is 10.3 Å². The van der Waals surface area contributed by atoms with Crippen molar-refractivity contribution in [2.45, 2.75) is 32.2 Å². The minimum absolute atomic E-state index is 0.322. The van der Waals surface area contributed by atoms with Crippen LogP contribution in [0, 0.1) is 0 Å². The zero-order chi connectivity index (χ0) is 15.5. The number of para-hydroxylation sites is 1. The summed E-state index contributed by atoms with van der Waals surface area (Å²) in [6.07, 6.45) is 2.26. The summed E-state index contributed by atoms with van der Waals surface area (Å²) in [5.41, 5.74) is -0.279. The van der Waals surface area contributed by atoms with Gasteiger partial charge in [0.05, 0.1) is 11.1 Å². The van der Waals surface area contributed by atoms with E-state index < -0.39 is 17.4 Å². The Morgan fingerprint density at radius 3 is 2.48 bits per heavy atom. The molecule has 2 aromatic rings. The highest BCUT2D eigenvalue weighted by atomic mass is 16.4. The van der Waals surface area contributed by atoms with E-state index in [1.54, 1.807) is 38.2 Å². The minimum Gasteiger partial charge on any atom is -0.480 e. The zero-order valence-electron chi connectivity index (χ0n) is 12.1. The van der Waals surface area contributed by atoms with Crippen LogP contribution in [0.15, 0.2) is 36.5 Å². The lowest BCUT2D eigenvalue weighted by Gasteiger charge is -2.28. The summed E-state index contributed by atoms with van der Waals surface area (Å²) < 4.78 is 0. The fourth-order valence-corrected chi connectivity index (χ4v) is 2.35. The molecular weight excluding hydrogens is 268 g/mol. The normalized spacial score (nSPS) is 11.3. The molecule has 1 aromatic carbocycles. The number of aromatic nitrogens is 1. The second-order valence-electron chi connectivity index (χ2n) is 4.93. The highest BCUT2D eigenvalue weighted by Crippen LogP contribution is 2.20. The van der Waals surface area contributed by atoms with E-state index in [0.717, 1.165) is 5.39 Å². The molecule has 0 aliphatic carbocycles. The van der Waals surface area contributed by atoms with Gasteiger partial charge in [0.2, 0.25) is 0 Å². The maximum atomic E-state index is 12.5. The van der Waals surface area contributed by atoms with Crippen LogP contribution >= 0.6 is 0 Å². The molecule has 1 aromatic heterocycles. The Bertz CT molecular complexity index is 673. The number of carboxylic acids is 1. The van der Waals surface area contributed by atoms with Crippen molar-refractivity contribution in [3.63, 3.8) is 0 Å². The number of hydrogen-bond donors (Lipinski definition) is 2. The molecule has 2 N–H and O–H groups in total. The van der Waals surface area contributed by atoms with E-state index >= 15 is 0 Å². The molecule has 1 amide bonds. The standard InChI is InChI=1S/C16H18N2O3/c1-3-16(4-2,15(20)21)18-14(19)12-9-5-7-11-8-6-10-17-13(11)12/h5-10H,3-4H2,1-2H3,(H,18,19)(H,20,21). The number of hydrogen-bond acceptors (Lipinski definition) is 3. The van der Waals surface area contributed by atoms with Gasteiger partial charge in [0, 0.05) is 11.6 Å². The SMILES string of the molecule is CCC(CC)(NC(=O)c1cccc2cccnc12)C(=O)O. The van der Waals surface area contributed by atoms with Crippen molar-refractivity contribution in [2.24, 2.45) is 0 Å². The lowest BCUT2D eigenvalue weighted by atomic mass is 9.92. The van der Waals surface area contributed by atoms with Crippen LogP contribution in [0.1, 0.15) is 37.0 Å². The topological polar surface area (TPSA) is 79.3 Å². The summed E-state index contributed by atoms with van der Waals surface area (Å²) in [6.45, 7) is 3.50. The third-order valence-electron chi connectivity index (χ3n) is 3.85. The van der Waals surface area contributed by atoms with Crippen molar-refractivity contribution in [3.05, 3.63) is 42.1 Å². The first-order chi connectivity index (χ1) is 10.0. The third kappa shape index (κ3) is 2.72. The Labute approximate surface area is 123 Å². The van der Waals surface area contributed by atoms with Crippen LogP contribution < -0.4 is 5.32 Å². The predicted octanol–water partition coefficient (Wildman–Crippen LogP) is 2.61. The molecular formula is C16H18N2O3. The number of carbonyl (C=O) groups is 2. The molecule has 0 saturated carbocycles. The zero-order valence-corrected chi connectivity index (χ0v) is 12.1. The fourth-order valence-electron chi connectivity index (χ4n) is 2.35. The maximum absolute atomic E-state index is 12.5. The number of benzene rings is 1. The van der Waals surface area contributed by atoms with Crippen LogP contribution in [0.2, 0.25) is 0 Å². The summed E-state index contributed by atoms with van der Waals surface area (Å²) in [4.78, 5) is 28.2. The summed E-state index contributed by atoms with van der Waals surface area (Å²) in [6, 6.07) is 8.94. The van der Waals surface area contributed by atoms with E-state index in [-0.39, 0.29) is 0 Å². The molecule has 0 bridgehead atoms. The molecule has 0 spiro atoms. The van der Waals surface area contributed by atoms with Crippen molar-refractivity contribution < 1.29 is 14.7 Å². The van der Waals surface area contributed by atoms with E-state index in [4.69, 9.17) is 0 Å². The number of nitrogens with one attached hydrogen (secondary N) is 1. The first kappa shape index (κ1) is 15.0. The molecule has 5 nitrogen and oxygen atoms in total. The van der Waals surface area contributed by atoms with Gasteiger partial charge in [0.25, 0.3) is 5.91 Å². The van der Waals surface area contributed by atoms with Gasteiger partial charge < -0.3 is 10.4 Å². The van der Waals surface area contributed by atoms with E-state index in [9.17, 15) is 14.7 Å². The van der Waals surface area contributed by atoms with Gasteiger partial charge in [0.1, 0.15) is 5.54 Å². The lowest BCUT2D eigenvalue weighted by Crippen LogP contribution is -2.53. The van der Waals surface area contributed by atoms with Crippen LogP contribution in [0.5, 0.6) is 0 Å². The van der Waals surface area contributed by atoms with Crippen LogP contribution in [0.3, 0.4) is 0 Å². The molecule has 5 heteroatoms. The quantitative estimate of drug-likeness (QED) is 0.885. The molecule has 0 aliphatic heterocycles. The van der Waals surface area contributed by atoms with Gasteiger partial charge in [-0.1, -0.05) is 32.0 Å². The molecule has 0 saturated heterocycles. The van der Waals surface area contributed by atoms with Gasteiger partial charge in [-0.2, -0.15) is 0 Å². The van der Waals surface area contributed by atoms with E-state index in [1.165, 1.54) is 0 Å². The van der Waals surface area contributed by atoms with Crippen molar-refractivity contribution >= 4 is 22.8 Å². The van der Waals surface area contributed by atoms with Crippen LogP contribution in [-0.2, 0) is 4.79 Å². The smallest absolute Gasteiger partial charge is 0.329 e. The number of rotatable bonds is 5. The molecule has 110 valence electrons. The average molecular weight is 286 g/mol. The first-order valence-corrected chi connectivity index (χ1v) is 6.93. The largest absolute Gasteiger partial charge is 0.480 e. The van der Waals surface area contributed by atoms with Gasteiger partial charge in [-0.25, -0.2) is 4.79 Å². The Morgan fingerprint density at radius 1 is 1.19 bits per heavy atom. The number of fused-ring (bicyclic) bond motifs is 1. The Kier molecular flexibility index (Phi) is 4.21. The Hall–Kier alpha value is -2.43. The van der Waals surface area contributed by atoms with Crippen molar-refractivity contribution in [1.82, 2.24) is 10.3 Å². The molecule has 1 heterocycles. The summed E-state index contributed by atoms with van der Waals surface area (Å²) in [5, 5.41) is 12.9. The Morgan fingerprint density at radius 2 is 1.86 bits per heavy atom. The second-order valence-corrected chi connectivity index (χ2v) is 4.93. The second kappa shape index (κ2) is 5.91. The molecule has 0 aliphatic rings. The highest BCUT2D eigenvalue weighted by molar-refractivity contribution is 6.06. The monoisotopic (exact) mass is 286 g/mol. The fraction of sp³-hybridized carbons (Fsp3) is 0.312. The molecule has 0 atom stereocenters. The highest BCUT2D eigenvalue weighted by Gasteiger charge is 2.36. The number of carbonyl (C=O) groups excluding carboxylic acids is 1. The van der Waals surface area contributed by atoms with Crippen LogP contribution in [0.4, 0.5) is 0 Å². The lowest BCUT2D eigenvalue weighted by molar-refractivity contribution is -0.144. The maximum Gasteiger partial charge on any atom is 0.329 e. The number of amides is 1. The number of pyridine rings is 1. The van der Waals surface area contributed by atoms with Crippen molar-refractivity contribution in [3.8, 4) is 0 Å². The molecule has 0 radical (unpaired) electrons. The number of carboxylic acid groups (broad SMARTS) is 1. The summed E-state index contributed by atoms with van der Waals surface area (Å²) in [7, 11) is 0. The molecule has 21 heavy (non-hydrogen) atoms. The van der Waals surface area contributed by atoms with Gasteiger partial charge >= 0.3 is 5.97 Å². The van der Waals surface area contributed by atoms with Crippen molar-refractivity contribution in [1.29, 1.82) is 0 Å². The van der Waals surface area contributed by atoms with E-state index in [1.807, 2.05) is 12.1 Å². The van der Waals surface area contributed by atoms with Crippen LogP contribution in [-0.4, -0.2) is 27.5 Å². The molecule has 0 fully saturated rings. The van der Waals surface area contributed by atoms with Gasteiger partial charge in [-0.3, -0.25) is 9.78 Å². The van der Waals surface area contributed by atoms with Gasteiger partial charge in [0.15, 0.2) is 0 Å². The van der Waals surface area contributed by atoms with Gasteiger partial charge in [-0.05, 0) is 25.0 Å². The minimum atomic E-state index is -1.24. The number of aliphatic carboxylic acids is 1. The van der Waals surface area contributed by atoms with Gasteiger partial charge in [-0.15, -0.1) is 0 Å². The summed E-state index contributed by atoms with van der Waals surface area (Å²) in [5.74, 6) is -1.43. The molecule has 0 unspecified atom stereocenters. The average Bonchev–Trinajstić information content (AvgIpc) is 2.51. The number of nitrogens with zero attached hydrogens (tertiary/aromatic N) is 1. The van der Waals surface area contributed by atoms with E-state index in [0.29, 0.717) is 23.9 Å². The Balaban J connectivity index is 2.41. The van der Waals surface area contributed by atoms with Crippen molar-refractivity contribution in [2.75, 3.05) is 0 Å². The predicted molar refractivity (Wildman–Crippen MR) is 80.2 cm³/mol. The third-order valence-corrected chi connectivity index (χ3v) is 3.85. The van der Waals surface area contributed by atoms with Crippen LogP contribution in [0.25, 0.3) is 10.9 Å².